The first-order valence-electron chi connectivity index (χ1n) is 8.35. The summed E-state index contributed by atoms with van der Waals surface area (Å²) in [5, 5.41) is 0. The molecule has 120 valence electrons. The van der Waals surface area contributed by atoms with Crippen molar-refractivity contribution in [2.45, 2.75) is 39.2 Å². The van der Waals surface area contributed by atoms with Gasteiger partial charge in [0.15, 0.2) is 0 Å². The molecule has 0 bridgehead atoms. The summed E-state index contributed by atoms with van der Waals surface area (Å²) >= 11 is 0. The molecule has 4 heteroatoms. The number of carbonyl (C=O) groups excluding carboxylic acids is 1. The highest BCUT2D eigenvalue weighted by Crippen LogP contribution is 2.32. The summed E-state index contributed by atoms with van der Waals surface area (Å²) in [6.07, 6.45) is 3.20. The van der Waals surface area contributed by atoms with E-state index in [1.54, 1.807) is 0 Å². The Morgan fingerprint density at radius 2 is 2.18 bits per heavy atom. The number of hydrogen-bond donors (Lipinski definition) is 1. The predicted octanol–water partition coefficient (Wildman–Crippen LogP) is 2.03. The molecular weight excluding hydrogens is 274 g/mol. The smallest absolute Gasteiger partial charge is 0.241 e. The highest BCUT2D eigenvalue weighted by molar-refractivity contribution is 5.96. The van der Waals surface area contributed by atoms with Crippen LogP contribution in [0, 0.1) is 5.41 Å². The number of amides is 1. The van der Waals surface area contributed by atoms with E-state index in [-0.39, 0.29) is 17.4 Å². The number of rotatable bonds is 3. The van der Waals surface area contributed by atoms with Crippen LogP contribution in [0.5, 0.6) is 0 Å². The molecule has 0 saturated carbocycles. The van der Waals surface area contributed by atoms with Gasteiger partial charge in [0.05, 0.1) is 6.54 Å². The fourth-order valence-corrected chi connectivity index (χ4v) is 3.76. The Labute approximate surface area is 133 Å². The number of likely N-dealkylation sites (tertiary alicyclic amines) is 1. The molecule has 2 N–H and O–H groups in total. The van der Waals surface area contributed by atoms with Crippen molar-refractivity contribution in [1.82, 2.24) is 4.90 Å². The first kappa shape index (κ1) is 15.5. The average Bonchev–Trinajstić information content (AvgIpc) is 2.89. The van der Waals surface area contributed by atoms with Crippen LogP contribution < -0.4 is 10.6 Å². The lowest BCUT2D eigenvalue weighted by Crippen LogP contribution is -2.47. The van der Waals surface area contributed by atoms with Crippen molar-refractivity contribution in [3.63, 3.8) is 0 Å². The van der Waals surface area contributed by atoms with E-state index in [4.69, 9.17) is 5.73 Å². The molecule has 2 aliphatic heterocycles. The molecule has 1 saturated heterocycles. The monoisotopic (exact) mass is 301 g/mol. The maximum atomic E-state index is 12.9. The van der Waals surface area contributed by atoms with Crippen molar-refractivity contribution < 1.29 is 4.79 Å². The molecule has 4 nitrogen and oxygen atoms in total. The first-order valence-corrected chi connectivity index (χ1v) is 8.35. The molecule has 22 heavy (non-hydrogen) atoms. The van der Waals surface area contributed by atoms with Crippen molar-refractivity contribution >= 4 is 11.6 Å². The Bertz CT molecular complexity index is 559. The molecule has 2 atom stereocenters. The van der Waals surface area contributed by atoms with Gasteiger partial charge in [-0.25, -0.2) is 0 Å². The van der Waals surface area contributed by atoms with Crippen LogP contribution in [0.1, 0.15) is 32.3 Å². The van der Waals surface area contributed by atoms with E-state index in [9.17, 15) is 4.79 Å². The van der Waals surface area contributed by atoms with E-state index in [1.807, 2.05) is 11.0 Å². The molecule has 0 spiro atoms. The molecule has 2 unspecified atom stereocenters. The quantitative estimate of drug-likeness (QED) is 0.929. The van der Waals surface area contributed by atoms with Gasteiger partial charge < -0.3 is 10.6 Å². The standard InChI is InChI=1S/C18H27N3O/c1-14-7-8-15-5-3-4-6-16(15)21(14)17(22)11-20-10-9-18(2,12-19)13-20/h3-6,14H,7-13,19H2,1-2H3. The summed E-state index contributed by atoms with van der Waals surface area (Å²) < 4.78 is 0. The minimum atomic E-state index is 0.172. The molecule has 1 amide bonds. The van der Waals surface area contributed by atoms with Crippen LogP contribution in [0.15, 0.2) is 24.3 Å². The lowest BCUT2D eigenvalue weighted by atomic mass is 9.90. The number of fused-ring (bicyclic) bond motifs is 1. The highest BCUT2D eigenvalue weighted by Gasteiger charge is 2.35. The number of hydrogen-bond acceptors (Lipinski definition) is 3. The van der Waals surface area contributed by atoms with Gasteiger partial charge in [0.2, 0.25) is 5.91 Å². The Hall–Kier alpha value is -1.39. The predicted molar refractivity (Wildman–Crippen MR) is 89.9 cm³/mol. The number of anilines is 1. The summed E-state index contributed by atoms with van der Waals surface area (Å²) in [4.78, 5) is 17.2. The zero-order chi connectivity index (χ0) is 15.7. The zero-order valence-electron chi connectivity index (χ0n) is 13.7. The maximum absolute atomic E-state index is 12.9. The second-order valence-electron chi connectivity index (χ2n) is 7.26. The first-order chi connectivity index (χ1) is 10.5. The minimum Gasteiger partial charge on any atom is -0.330 e. The van der Waals surface area contributed by atoms with Gasteiger partial charge in [-0.1, -0.05) is 25.1 Å². The summed E-state index contributed by atoms with van der Waals surface area (Å²) in [6.45, 7) is 7.48. The molecule has 1 aromatic carbocycles. The summed E-state index contributed by atoms with van der Waals surface area (Å²) in [7, 11) is 0. The second kappa shape index (κ2) is 6.01. The van der Waals surface area contributed by atoms with E-state index >= 15 is 0 Å². The van der Waals surface area contributed by atoms with E-state index in [2.05, 4.69) is 36.9 Å². The number of para-hydroxylation sites is 1. The summed E-state index contributed by atoms with van der Waals surface area (Å²) in [5.74, 6) is 0.223. The number of aryl methyl sites for hydroxylation is 1. The van der Waals surface area contributed by atoms with Gasteiger partial charge in [0.25, 0.3) is 0 Å². The summed E-state index contributed by atoms with van der Waals surface area (Å²) in [6, 6.07) is 8.59. The number of carbonyl (C=O) groups is 1. The Kier molecular flexibility index (Phi) is 4.24. The second-order valence-corrected chi connectivity index (χ2v) is 7.26. The normalized spacial score (nSPS) is 28.7. The van der Waals surface area contributed by atoms with E-state index in [0.29, 0.717) is 13.1 Å². The van der Waals surface area contributed by atoms with Crippen LogP contribution in [0.2, 0.25) is 0 Å². The van der Waals surface area contributed by atoms with E-state index in [1.165, 1.54) is 5.56 Å². The van der Waals surface area contributed by atoms with Crippen LogP contribution >= 0.6 is 0 Å². The Morgan fingerprint density at radius 3 is 2.91 bits per heavy atom. The van der Waals surface area contributed by atoms with Crippen LogP contribution in [0.25, 0.3) is 0 Å². The molecule has 1 fully saturated rings. The molecule has 3 rings (SSSR count). The molecule has 2 heterocycles. The lowest BCUT2D eigenvalue weighted by molar-refractivity contribution is -0.120. The third-order valence-electron chi connectivity index (χ3n) is 5.28. The average molecular weight is 301 g/mol. The lowest BCUT2D eigenvalue weighted by Gasteiger charge is -2.36. The Morgan fingerprint density at radius 1 is 1.41 bits per heavy atom. The van der Waals surface area contributed by atoms with Gasteiger partial charge in [-0.15, -0.1) is 0 Å². The van der Waals surface area contributed by atoms with Crippen molar-refractivity contribution in [1.29, 1.82) is 0 Å². The minimum absolute atomic E-state index is 0.172. The number of benzene rings is 1. The fraction of sp³-hybridized carbons (Fsp3) is 0.611. The molecule has 0 aliphatic carbocycles. The van der Waals surface area contributed by atoms with Gasteiger partial charge in [0, 0.05) is 18.3 Å². The number of nitrogens with zero attached hydrogens (tertiary/aromatic N) is 2. The van der Waals surface area contributed by atoms with E-state index < -0.39 is 0 Å². The summed E-state index contributed by atoms with van der Waals surface area (Å²) in [5.41, 5.74) is 8.44. The van der Waals surface area contributed by atoms with Crippen LogP contribution in [-0.4, -0.2) is 43.0 Å². The van der Waals surface area contributed by atoms with E-state index in [0.717, 1.165) is 38.0 Å². The molecule has 0 aromatic heterocycles. The van der Waals surface area contributed by atoms with Crippen molar-refractivity contribution in [2.24, 2.45) is 11.1 Å². The molecule has 1 aromatic rings. The van der Waals surface area contributed by atoms with Gasteiger partial charge in [-0.05, 0) is 56.3 Å². The molecule has 2 aliphatic rings. The zero-order valence-corrected chi connectivity index (χ0v) is 13.7. The van der Waals surface area contributed by atoms with Crippen molar-refractivity contribution in [2.75, 3.05) is 31.1 Å². The maximum Gasteiger partial charge on any atom is 0.241 e. The third-order valence-corrected chi connectivity index (χ3v) is 5.28. The fourth-order valence-electron chi connectivity index (χ4n) is 3.76. The largest absolute Gasteiger partial charge is 0.330 e. The van der Waals surface area contributed by atoms with Gasteiger partial charge in [0.1, 0.15) is 0 Å². The molecule has 0 radical (unpaired) electrons. The van der Waals surface area contributed by atoms with Crippen LogP contribution in [-0.2, 0) is 11.2 Å². The Balaban J connectivity index is 1.73. The van der Waals surface area contributed by atoms with Gasteiger partial charge >= 0.3 is 0 Å². The van der Waals surface area contributed by atoms with Crippen molar-refractivity contribution in [3.8, 4) is 0 Å². The van der Waals surface area contributed by atoms with Crippen LogP contribution in [0.3, 0.4) is 0 Å². The topological polar surface area (TPSA) is 49.6 Å². The van der Waals surface area contributed by atoms with Gasteiger partial charge in [-0.2, -0.15) is 0 Å². The van der Waals surface area contributed by atoms with Crippen molar-refractivity contribution in [3.05, 3.63) is 29.8 Å². The highest BCUT2D eigenvalue weighted by atomic mass is 16.2. The number of nitrogens with two attached hydrogens (primary N) is 1. The third kappa shape index (κ3) is 2.90. The van der Waals surface area contributed by atoms with Gasteiger partial charge in [-0.3, -0.25) is 9.69 Å². The molecular formula is C18H27N3O. The SMILES string of the molecule is CC1CCc2ccccc2N1C(=O)CN1CCC(C)(CN)C1. The van der Waals surface area contributed by atoms with Crippen LogP contribution in [0.4, 0.5) is 5.69 Å².